The lowest BCUT2D eigenvalue weighted by atomic mass is 10.2. The molecule has 1 aromatic carbocycles. The Morgan fingerprint density at radius 3 is 2.50 bits per heavy atom. The van der Waals surface area contributed by atoms with E-state index in [0.717, 1.165) is 16.3 Å². The molecule has 6 heteroatoms. The van der Waals surface area contributed by atoms with Gasteiger partial charge in [-0.15, -0.1) is 0 Å². The summed E-state index contributed by atoms with van der Waals surface area (Å²) in [5, 5.41) is 0.775. The maximum absolute atomic E-state index is 5.56. The molecule has 0 atom stereocenters. The molecule has 0 saturated heterocycles. The van der Waals surface area contributed by atoms with Gasteiger partial charge in [-0.05, 0) is 43.6 Å². The average Bonchev–Trinajstić information content (AvgIpc) is 2.79. The van der Waals surface area contributed by atoms with Crippen LogP contribution in [0.3, 0.4) is 0 Å². The second-order valence-electron chi connectivity index (χ2n) is 3.49. The first-order chi connectivity index (χ1) is 8.74. The lowest BCUT2D eigenvalue weighted by Gasteiger charge is -2.11. The van der Waals surface area contributed by atoms with Gasteiger partial charge in [-0.1, -0.05) is 0 Å². The van der Waals surface area contributed by atoms with Gasteiger partial charge in [0.2, 0.25) is 5.95 Å². The number of ether oxygens (including phenoxy) is 2. The lowest BCUT2D eigenvalue weighted by Crippen LogP contribution is -1.98. The van der Waals surface area contributed by atoms with Crippen LogP contribution in [0, 0.1) is 0 Å². The SMILES string of the molecule is CCOc1ccc(-c2nc(N)ns2)cc1OCC. The number of aromatic nitrogens is 2. The summed E-state index contributed by atoms with van der Waals surface area (Å²) in [5.74, 6) is 1.74. The van der Waals surface area contributed by atoms with Gasteiger partial charge in [-0.3, -0.25) is 0 Å². The lowest BCUT2D eigenvalue weighted by molar-refractivity contribution is 0.288. The zero-order valence-corrected chi connectivity index (χ0v) is 11.2. The van der Waals surface area contributed by atoms with E-state index in [-0.39, 0.29) is 0 Å². The average molecular weight is 265 g/mol. The van der Waals surface area contributed by atoms with Gasteiger partial charge in [0, 0.05) is 5.56 Å². The second-order valence-corrected chi connectivity index (χ2v) is 4.24. The van der Waals surface area contributed by atoms with E-state index >= 15 is 0 Å². The van der Waals surface area contributed by atoms with Crippen molar-refractivity contribution in [2.45, 2.75) is 13.8 Å². The highest BCUT2D eigenvalue weighted by Gasteiger charge is 2.10. The molecule has 0 aliphatic heterocycles. The van der Waals surface area contributed by atoms with Gasteiger partial charge in [0.1, 0.15) is 5.01 Å². The Morgan fingerprint density at radius 1 is 1.17 bits per heavy atom. The van der Waals surface area contributed by atoms with Crippen LogP contribution in [0.4, 0.5) is 5.95 Å². The number of nitrogens with zero attached hydrogens (tertiary/aromatic N) is 2. The molecule has 2 aromatic rings. The summed E-state index contributed by atoms with van der Waals surface area (Å²) in [5.41, 5.74) is 6.45. The van der Waals surface area contributed by atoms with Gasteiger partial charge in [-0.2, -0.15) is 9.36 Å². The van der Waals surface area contributed by atoms with Crippen molar-refractivity contribution in [2.24, 2.45) is 0 Å². The van der Waals surface area contributed by atoms with E-state index in [1.54, 1.807) is 0 Å². The Bertz CT molecular complexity index is 528. The van der Waals surface area contributed by atoms with Gasteiger partial charge in [0.25, 0.3) is 0 Å². The number of rotatable bonds is 5. The van der Waals surface area contributed by atoms with Crippen molar-refractivity contribution in [3.63, 3.8) is 0 Å². The minimum absolute atomic E-state index is 0.293. The highest BCUT2D eigenvalue weighted by Crippen LogP contribution is 2.33. The molecule has 0 unspecified atom stereocenters. The van der Waals surface area contributed by atoms with Gasteiger partial charge < -0.3 is 15.2 Å². The van der Waals surface area contributed by atoms with Crippen molar-refractivity contribution in [3.05, 3.63) is 18.2 Å². The first kappa shape index (κ1) is 12.6. The van der Waals surface area contributed by atoms with E-state index in [9.17, 15) is 0 Å². The van der Waals surface area contributed by atoms with E-state index in [1.807, 2.05) is 32.0 Å². The number of nitrogens with two attached hydrogens (primary N) is 1. The van der Waals surface area contributed by atoms with Crippen LogP contribution in [0.2, 0.25) is 0 Å². The standard InChI is InChI=1S/C12H15N3O2S/c1-3-16-9-6-5-8(7-10(9)17-4-2)11-14-12(13)15-18-11/h5-7H,3-4H2,1-2H3,(H2,13,15). The van der Waals surface area contributed by atoms with Crippen molar-refractivity contribution in [2.75, 3.05) is 18.9 Å². The third kappa shape index (κ3) is 2.70. The van der Waals surface area contributed by atoms with Crippen LogP contribution in [-0.2, 0) is 0 Å². The minimum Gasteiger partial charge on any atom is -0.490 e. The summed E-state index contributed by atoms with van der Waals surface area (Å²) in [6, 6.07) is 5.70. The second kappa shape index (κ2) is 5.68. The monoisotopic (exact) mass is 265 g/mol. The quantitative estimate of drug-likeness (QED) is 0.899. The molecule has 1 heterocycles. The van der Waals surface area contributed by atoms with Crippen LogP contribution in [0.15, 0.2) is 18.2 Å². The van der Waals surface area contributed by atoms with Crippen molar-refractivity contribution >= 4 is 17.5 Å². The van der Waals surface area contributed by atoms with E-state index in [1.165, 1.54) is 11.5 Å². The first-order valence-electron chi connectivity index (χ1n) is 5.73. The smallest absolute Gasteiger partial charge is 0.232 e. The van der Waals surface area contributed by atoms with Gasteiger partial charge in [0.05, 0.1) is 13.2 Å². The third-order valence-electron chi connectivity index (χ3n) is 2.23. The molecule has 96 valence electrons. The Hall–Kier alpha value is -1.82. The molecule has 2 rings (SSSR count). The molecular weight excluding hydrogens is 250 g/mol. The number of benzene rings is 1. The fourth-order valence-corrected chi connectivity index (χ4v) is 2.12. The molecule has 0 radical (unpaired) electrons. The van der Waals surface area contributed by atoms with Crippen molar-refractivity contribution < 1.29 is 9.47 Å². The van der Waals surface area contributed by atoms with Crippen LogP contribution in [0.1, 0.15) is 13.8 Å². The maximum atomic E-state index is 5.56. The van der Waals surface area contributed by atoms with Crippen LogP contribution >= 0.6 is 11.5 Å². The first-order valence-corrected chi connectivity index (χ1v) is 6.51. The fourth-order valence-electron chi connectivity index (χ4n) is 1.54. The summed E-state index contributed by atoms with van der Waals surface area (Å²) in [6.07, 6.45) is 0. The number of hydrogen-bond donors (Lipinski definition) is 1. The normalized spacial score (nSPS) is 10.3. The van der Waals surface area contributed by atoms with E-state index in [4.69, 9.17) is 15.2 Å². The summed E-state index contributed by atoms with van der Waals surface area (Å²) in [6.45, 7) is 5.06. The van der Waals surface area contributed by atoms with Crippen molar-refractivity contribution in [1.29, 1.82) is 0 Å². The molecular formula is C12H15N3O2S. The molecule has 18 heavy (non-hydrogen) atoms. The predicted molar refractivity (Wildman–Crippen MR) is 72.1 cm³/mol. The van der Waals surface area contributed by atoms with E-state index < -0.39 is 0 Å². The third-order valence-corrected chi connectivity index (χ3v) is 3.01. The maximum Gasteiger partial charge on any atom is 0.232 e. The minimum atomic E-state index is 0.293. The summed E-state index contributed by atoms with van der Waals surface area (Å²) < 4.78 is 15.0. The zero-order valence-electron chi connectivity index (χ0n) is 10.3. The molecule has 0 fully saturated rings. The molecule has 0 bridgehead atoms. The van der Waals surface area contributed by atoms with Crippen LogP contribution < -0.4 is 15.2 Å². The van der Waals surface area contributed by atoms with Crippen molar-refractivity contribution in [1.82, 2.24) is 9.36 Å². The molecule has 0 aliphatic rings. The Labute approximate surface area is 110 Å². The Morgan fingerprint density at radius 2 is 1.89 bits per heavy atom. The zero-order chi connectivity index (χ0) is 13.0. The summed E-state index contributed by atoms with van der Waals surface area (Å²) in [4.78, 5) is 4.15. The Balaban J connectivity index is 2.35. The molecule has 2 N–H and O–H groups in total. The predicted octanol–water partition coefficient (Wildman–Crippen LogP) is 2.58. The van der Waals surface area contributed by atoms with Gasteiger partial charge in [-0.25, -0.2) is 0 Å². The molecule has 1 aromatic heterocycles. The number of anilines is 1. The van der Waals surface area contributed by atoms with Gasteiger partial charge >= 0.3 is 0 Å². The van der Waals surface area contributed by atoms with E-state index in [0.29, 0.717) is 24.9 Å². The van der Waals surface area contributed by atoms with Crippen LogP contribution in [0.25, 0.3) is 10.6 Å². The fraction of sp³-hybridized carbons (Fsp3) is 0.333. The largest absolute Gasteiger partial charge is 0.490 e. The Kier molecular flexibility index (Phi) is 3.99. The van der Waals surface area contributed by atoms with Gasteiger partial charge in [0.15, 0.2) is 11.5 Å². The van der Waals surface area contributed by atoms with Crippen LogP contribution in [0.5, 0.6) is 11.5 Å². The van der Waals surface area contributed by atoms with Crippen LogP contribution in [-0.4, -0.2) is 22.6 Å². The summed E-state index contributed by atoms with van der Waals surface area (Å²) >= 11 is 1.27. The molecule has 5 nitrogen and oxygen atoms in total. The number of hydrogen-bond acceptors (Lipinski definition) is 6. The summed E-state index contributed by atoms with van der Waals surface area (Å²) in [7, 11) is 0. The number of nitrogen functional groups attached to an aromatic ring is 1. The van der Waals surface area contributed by atoms with Crippen molar-refractivity contribution in [3.8, 4) is 22.1 Å². The van der Waals surface area contributed by atoms with E-state index in [2.05, 4.69) is 9.36 Å². The molecule has 0 saturated carbocycles. The molecule has 0 spiro atoms. The highest BCUT2D eigenvalue weighted by atomic mass is 32.1. The molecule has 0 amide bonds. The molecule has 0 aliphatic carbocycles. The highest BCUT2D eigenvalue weighted by molar-refractivity contribution is 7.09. The topological polar surface area (TPSA) is 70.3 Å².